The van der Waals surface area contributed by atoms with Crippen molar-refractivity contribution in [2.75, 3.05) is 38.1 Å². The first-order valence-corrected chi connectivity index (χ1v) is 9.53. The van der Waals surface area contributed by atoms with Gasteiger partial charge in [-0.05, 0) is 69.8 Å². The summed E-state index contributed by atoms with van der Waals surface area (Å²) < 4.78 is 0. The fraction of sp³-hybridized carbons (Fsp3) is 0.650. The van der Waals surface area contributed by atoms with Crippen LogP contribution in [0.25, 0.3) is 0 Å². The summed E-state index contributed by atoms with van der Waals surface area (Å²) in [7, 11) is 0. The fourth-order valence-corrected chi connectivity index (χ4v) is 4.18. The molecule has 0 saturated carbocycles. The number of benzene rings is 1. The van der Waals surface area contributed by atoms with Gasteiger partial charge in [-0.15, -0.1) is 0 Å². The summed E-state index contributed by atoms with van der Waals surface area (Å²) in [5.74, 6) is 0.0701. The molecule has 2 aliphatic rings. The second kappa shape index (κ2) is 8.30. The van der Waals surface area contributed by atoms with Crippen molar-refractivity contribution in [3.05, 3.63) is 29.3 Å². The van der Waals surface area contributed by atoms with Crippen LogP contribution in [0.1, 0.15) is 36.8 Å². The number of nitrogens with zero attached hydrogens (tertiary/aromatic N) is 2. The van der Waals surface area contributed by atoms with Gasteiger partial charge in [0.05, 0.1) is 13.2 Å². The predicted octanol–water partition coefficient (Wildman–Crippen LogP) is 2.16. The van der Waals surface area contributed by atoms with E-state index in [1.165, 1.54) is 12.0 Å². The Kier molecular flexibility index (Phi) is 6.10. The standard InChI is InChI=1S/C20H31N3O2/c1-15-6-3-9-19(16(15)2)21-20(25)13-23-11-4-7-17(23)12-22-10-5-8-18(22)14-24/h3,6,9,17-18,24H,4-5,7-8,10-14H2,1-2H3,(H,21,25). The van der Waals surface area contributed by atoms with Gasteiger partial charge in [0, 0.05) is 24.3 Å². The molecule has 1 aromatic carbocycles. The number of aliphatic hydroxyl groups is 1. The lowest BCUT2D eigenvalue weighted by molar-refractivity contribution is -0.117. The fourth-order valence-electron chi connectivity index (χ4n) is 4.18. The Balaban J connectivity index is 1.55. The maximum atomic E-state index is 12.5. The van der Waals surface area contributed by atoms with Crippen molar-refractivity contribution < 1.29 is 9.90 Å². The number of likely N-dealkylation sites (tertiary alicyclic amines) is 2. The van der Waals surface area contributed by atoms with Crippen molar-refractivity contribution in [3.63, 3.8) is 0 Å². The lowest BCUT2D eigenvalue weighted by Crippen LogP contribution is -2.45. The predicted molar refractivity (Wildman–Crippen MR) is 101 cm³/mol. The number of carbonyl (C=O) groups excluding carboxylic acids is 1. The van der Waals surface area contributed by atoms with Gasteiger partial charge in [0.25, 0.3) is 0 Å². The van der Waals surface area contributed by atoms with E-state index in [0.29, 0.717) is 18.6 Å². The zero-order valence-electron chi connectivity index (χ0n) is 15.5. The number of rotatable bonds is 6. The average Bonchev–Trinajstić information content (AvgIpc) is 3.22. The van der Waals surface area contributed by atoms with Gasteiger partial charge in [-0.3, -0.25) is 14.6 Å². The molecule has 3 rings (SSSR count). The molecule has 2 heterocycles. The molecule has 2 atom stereocenters. The van der Waals surface area contributed by atoms with Crippen LogP contribution in [0, 0.1) is 13.8 Å². The Morgan fingerprint density at radius 1 is 1.16 bits per heavy atom. The molecule has 2 aliphatic heterocycles. The lowest BCUT2D eigenvalue weighted by Gasteiger charge is -2.31. The molecule has 5 nitrogen and oxygen atoms in total. The highest BCUT2D eigenvalue weighted by atomic mass is 16.3. The molecule has 1 aromatic rings. The van der Waals surface area contributed by atoms with E-state index in [2.05, 4.69) is 28.1 Å². The van der Waals surface area contributed by atoms with Crippen LogP contribution in [-0.4, -0.2) is 65.7 Å². The summed E-state index contributed by atoms with van der Waals surface area (Å²) in [6, 6.07) is 6.76. The Hall–Kier alpha value is -1.43. The number of anilines is 1. The maximum Gasteiger partial charge on any atom is 0.238 e. The van der Waals surface area contributed by atoms with Gasteiger partial charge in [-0.1, -0.05) is 12.1 Å². The molecule has 2 N–H and O–H groups in total. The molecule has 0 bridgehead atoms. The quantitative estimate of drug-likeness (QED) is 0.830. The van der Waals surface area contributed by atoms with Crippen LogP contribution in [0.2, 0.25) is 0 Å². The van der Waals surface area contributed by atoms with Crippen LogP contribution >= 0.6 is 0 Å². The van der Waals surface area contributed by atoms with Crippen molar-refractivity contribution in [2.24, 2.45) is 0 Å². The third kappa shape index (κ3) is 4.40. The molecule has 0 aromatic heterocycles. The van der Waals surface area contributed by atoms with Gasteiger partial charge in [-0.25, -0.2) is 0 Å². The molecule has 2 fully saturated rings. The van der Waals surface area contributed by atoms with E-state index in [1.807, 2.05) is 19.1 Å². The first kappa shape index (κ1) is 18.4. The van der Waals surface area contributed by atoms with Crippen molar-refractivity contribution in [1.82, 2.24) is 9.80 Å². The molecule has 2 saturated heterocycles. The van der Waals surface area contributed by atoms with Gasteiger partial charge < -0.3 is 10.4 Å². The van der Waals surface area contributed by atoms with Gasteiger partial charge >= 0.3 is 0 Å². The topological polar surface area (TPSA) is 55.8 Å². The van der Waals surface area contributed by atoms with Gasteiger partial charge in [0.1, 0.15) is 0 Å². The summed E-state index contributed by atoms with van der Waals surface area (Å²) in [5.41, 5.74) is 3.25. The Morgan fingerprint density at radius 2 is 1.88 bits per heavy atom. The molecule has 0 aliphatic carbocycles. The molecular weight excluding hydrogens is 314 g/mol. The number of nitrogens with one attached hydrogen (secondary N) is 1. The molecule has 25 heavy (non-hydrogen) atoms. The van der Waals surface area contributed by atoms with Crippen molar-refractivity contribution in [2.45, 2.75) is 51.6 Å². The summed E-state index contributed by atoms with van der Waals surface area (Å²) in [4.78, 5) is 17.2. The van der Waals surface area contributed by atoms with Crippen LogP contribution in [-0.2, 0) is 4.79 Å². The van der Waals surface area contributed by atoms with Crippen molar-refractivity contribution in [1.29, 1.82) is 0 Å². The van der Waals surface area contributed by atoms with Crippen LogP contribution in [0.5, 0.6) is 0 Å². The van der Waals surface area contributed by atoms with Crippen LogP contribution in [0.4, 0.5) is 5.69 Å². The normalized spacial score (nSPS) is 24.8. The lowest BCUT2D eigenvalue weighted by atomic mass is 10.1. The van der Waals surface area contributed by atoms with Crippen LogP contribution in [0.3, 0.4) is 0 Å². The number of aryl methyl sites for hydroxylation is 1. The zero-order chi connectivity index (χ0) is 17.8. The smallest absolute Gasteiger partial charge is 0.238 e. The SMILES string of the molecule is Cc1cccc(NC(=O)CN2CCCC2CN2CCCC2CO)c1C. The number of hydrogen-bond donors (Lipinski definition) is 2. The first-order valence-electron chi connectivity index (χ1n) is 9.53. The monoisotopic (exact) mass is 345 g/mol. The van der Waals surface area contributed by atoms with Crippen molar-refractivity contribution >= 4 is 11.6 Å². The molecular formula is C20H31N3O2. The van der Waals surface area contributed by atoms with Gasteiger partial charge in [0.2, 0.25) is 5.91 Å². The summed E-state index contributed by atoms with van der Waals surface area (Å²) in [6.45, 7) is 7.85. The number of amides is 1. The summed E-state index contributed by atoms with van der Waals surface area (Å²) >= 11 is 0. The third-order valence-corrected chi connectivity index (χ3v) is 5.88. The highest BCUT2D eigenvalue weighted by molar-refractivity contribution is 5.93. The van der Waals surface area contributed by atoms with E-state index < -0.39 is 0 Å². The minimum Gasteiger partial charge on any atom is -0.395 e. The zero-order valence-corrected chi connectivity index (χ0v) is 15.5. The van der Waals surface area contributed by atoms with Gasteiger partial charge in [-0.2, -0.15) is 0 Å². The molecule has 5 heteroatoms. The third-order valence-electron chi connectivity index (χ3n) is 5.88. The second-order valence-corrected chi connectivity index (χ2v) is 7.54. The van der Waals surface area contributed by atoms with Crippen molar-refractivity contribution in [3.8, 4) is 0 Å². The van der Waals surface area contributed by atoms with Gasteiger partial charge in [0.15, 0.2) is 0 Å². The minimum absolute atomic E-state index is 0.0701. The first-order chi connectivity index (χ1) is 12.1. The highest BCUT2D eigenvalue weighted by Gasteiger charge is 2.32. The van der Waals surface area contributed by atoms with Crippen LogP contribution < -0.4 is 5.32 Å². The Morgan fingerprint density at radius 3 is 2.64 bits per heavy atom. The largest absolute Gasteiger partial charge is 0.395 e. The Bertz CT molecular complexity index is 605. The molecule has 138 valence electrons. The molecule has 2 unspecified atom stereocenters. The van der Waals surface area contributed by atoms with E-state index in [1.54, 1.807) is 0 Å². The maximum absolute atomic E-state index is 12.5. The van der Waals surface area contributed by atoms with E-state index in [0.717, 1.165) is 50.1 Å². The molecule has 0 radical (unpaired) electrons. The molecule has 1 amide bonds. The minimum atomic E-state index is 0.0701. The summed E-state index contributed by atoms with van der Waals surface area (Å²) in [5, 5.41) is 12.6. The Labute approximate surface area is 151 Å². The van der Waals surface area contributed by atoms with E-state index in [-0.39, 0.29) is 12.5 Å². The van der Waals surface area contributed by atoms with E-state index in [9.17, 15) is 9.90 Å². The highest BCUT2D eigenvalue weighted by Crippen LogP contribution is 2.23. The van der Waals surface area contributed by atoms with E-state index >= 15 is 0 Å². The second-order valence-electron chi connectivity index (χ2n) is 7.54. The van der Waals surface area contributed by atoms with E-state index in [4.69, 9.17) is 0 Å². The average molecular weight is 345 g/mol. The molecule has 0 spiro atoms. The number of carbonyl (C=O) groups is 1. The summed E-state index contributed by atoms with van der Waals surface area (Å²) in [6.07, 6.45) is 4.56. The number of aliphatic hydroxyl groups excluding tert-OH is 1. The van der Waals surface area contributed by atoms with Crippen LogP contribution in [0.15, 0.2) is 18.2 Å². The number of hydrogen-bond acceptors (Lipinski definition) is 4.